The van der Waals surface area contributed by atoms with Gasteiger partial charge in [0.25, 0.3) is 0 Å². The summed E-state index contributed by atoms with van der Waals surface area (Å²) in [4.78, 5) is 0. The van der Waals surface area contributed by atoms with Crippen LogP contribution < -0.4 is 0 Å². The fourth-order valence-electron chi connectivity index (χ4n) is 3.55. The summed E-state index contributed by atoms with van der Waals surface area (Å²) in [6.07, 6.45) is 15.0. The molecule has 2 rings (SSSR count). The molecule has 4 unspecified atom stereocenters. The summed E-state index contributed by atoms with van der Waals surface area (Å²) >= 11 is 0. The van der Waals surface area contributed by atoms with Crippen LogP contribution >= 0.6 is 0 Å². The monoisotopic (exact) mass is 206 g/mol. The third-order valence-electron chi connectivity index (χ3n) is 4.45. The van der Waals surface area contributed by atoms with Crippen LogP contribution in [-0.4, -0.2) is 11.2 Å². The SMILES string of the molecule is C#CCC(O)C1CCC2CCCCC2C1. The number of aliphatic hydroxyl groups is 1. The predicted octanol–water partition coefficient (Wildman–Crippen LogP) is 2.98. The molecule has 1 N–H and O–H groups in total. The maximum Gasteiger partial charge on any atom is 0.0677 e. The lowest BCUT2D eigenvalue weighted by molar-refractivity contribution is 0.0386. The molecular weight excluding hydrogens is 184 g/mol. The van der Waals surface area contributed by atoms with Gasteiger partial charge in [0.15, 0.2) is 0 Å². The maximum absolute atomic E-state index is 9.92. The van der Waals surface area contributed by atoms with Crippen LogP contribution in [0.3, 0.4) is 0 Å². The molecule has 2 aliphatic rings. The average molecular weight is 206 g/mol. The van der Waals surface area contributed by atoms with E-state index in [1.165, 1.54) is 44.9 Å². The third kappa shape index (κ3) is 2.55. The van der Waals surface area contributed by atoms with Gasteiger partial charge in [-0.2, -0.15) is 0 Å². The van der Waals surface area contributed by atoms with E-state index in [2.05, 4.69) is 5.92 Å². The molecule has 15 heavy (non-hydrogen) atoms. The molecule has 0 amide bonds. The van der Waals surface area contributed by atoms with Crippen LogP contribution in [0.15, 0.2) is 0 Å². The summed E-state index contributed by atoms with van der Waals surface area (Å²) < 4.78 is 0. The van der Waals surface area contributed by atoms with Gasteiger partial charge in [0.2, 0.25) is 0 Å². The van der Waals surface area contributed by atoms with E-state index in [0.29, 0.717) is 12.3 Å². The van der Waals surface area contributed by atoms with Gasteiger partial charge < -0.3 is 5.11 Å². The topological polar surface area (TPSA) is 20.2 Å². The Bertz CT molecular complexity index is 240. The Morgan fingerprint density at radius 3 is 2.60 bits per heavy atom. The molecule has 2 aliphatic carbocycles. The Morgan fingerprint density at radius 1 is 1.13 bits per heavy atom. The molecule has 1 nitrogen and oxygen atoms in total. The van der Waals surface area contributed by atoms with Crippen LogP contribution in [-0.2, 0) is 0 Å². The highest BCUT2D eigenvalue weighted by atomic mass is 16.3. The molecule has 0 saturated heterocycles. The zero-order chi connectivity index (χ0) is 10.7. The second-order valence-corrected chi connectivity index (χ2v) is 5.35. The summed E-state index contributed by atoms with van der Waals surface area (Å²) in [5.74, 6) is 4.93. The molecule has 2 fully saturated rings. The Labute approximate surface area is 93.3 Å². The van der Waals surface area contributed by atoms with Gasteiger partial charge >= 0.3 is 0 Å². The van der Waals surface area contributed by atoms with Crippen molar-refractivity contribution in [3.63, 3.8) is 0 Å². The number of hydrogen-bond donors (Lipinski definition) is 1. The van der Waals surface area contributed by atoms with E-state index in [1.807, 2.05) is 0 Å². The summed E-state index contributed by atoms with van der Waals surface area (Å²) in [7, 11) is 0. The van der Waals surface area contributed by atoms with Gasteiger partial charge in [-0.1, -0.05) is 25.7 Å². The Hall–Kier alpha value is -0.480. The van der Waals surface area contributed by atoms with E-state index in [1.54, 1.807) is 0 Å². The first-order valence-electron chi connectivity index (χ1n) is 6.42. The summed E-state index contributed by atoms with van der Waals surface area (Å²) in [6.45, 7) is 0. The van der Waals surface area contributed by atoms with Gasteiger partial charge in [0.1, 0.15) is 0 Å². The van der Waals surface area contributed by atoms with Crippen molar-refractivity contribution in [1.82, 2.24) is 0 Å². The van der Waals surface area contributed by atoms with Crippen molar-refractivity contribution in [3.8, 4) is 12.3 Å². The van der Waals surface area contributed by atoms with Crippen molar-refractivity contribution in [2.45, 2.75) is 57.5 Å². The van der Waals surface area contributed by atoms with Crippen LogP contribution in [0, 0.1) is 30.1 Å². The number of rotatable bonds is 2. The quantitative estimate of drug-likeness (QED) is 0.689. The normalized spacial score (nSPS) is 37.7. The summed E-state index contributed by atoms with van der Waals surface area (Å²) in [6, 6.07) is 0. The van der Waals surface area contributed by atoms with E-state index in [4.69, 9.17) is 6.42 Å². The minimum atomic E-state index is -0.238. The standard InChI is InChI=1S/C14H22O/c1-2-5-14(15)13-9-8-11-6-3-4-7-12(11)10-13/h1,11-15H,3-10H2. The molecule has 0 aromatic rings. The molecule has 0 aliphatic heterocycles. The zero-order valence-electron chi connectivity index (χ0n) is 9.49. The highest BCUT2D eigenvalue weighted by Gasteiger charge is 2.34. The summed E-state index contributed by atoms with van der Waals surface area (Å²) in [5.41, 5.74) is 0. The van der Waals surface area contributed by atoms with Crippen molar-refractivity contribution < 1.29 is 5.11 Å². The van der Waals surface area contributed by atoms with E-state index in [-0.39, 0.29) is 6.10 Å². The van der Waals surface area contributed by atoms with E-state index in [0.717, 1.165) is 11.8 Å². The molecular formula is C14H22O. The highest BCUT2D eigenvalue weighted by molar-refractivity contribution is 4.92. The van der Waals surface area contributed by atoms with Crippen LogP contribution in [0.4, 0.5) is 0 Å². The maximum atomic E-state index is 9.92. The molecule has 4 atom stereocenters. The van der Waals surface area contributed by atoms with Gasteiger partial charge in [-0.15, -0.1) is 12.3 Å². The second-order valence-electron chi connectivity index (χ2n) is 5.35. The van der Waals surface area contributed by atoms with Crippen LogP contribution in [0.5, 0.6) is 0 Å². The van der Waals surface area contributed by atoms with E-state index in [9.17, 15) is 5.11 Å². The molecule has 0 aromatic carbocycles. The first kappa shape index (κ1) is 11.0. The van der Waals surface area contributed by atoms with Crippen molar-refractivity contribution in [2.75, 3.05) is 0 Å². The number of aliphatic hydroxyl groups excluding tert-OH is 1. The number of fused-ring (bicyclic) bond motifs is 1. The van der Waals surface area contributed by atoms with Gasteiger partial charge in [-0.05, 0) is 37.0 Å². The zero-order valence-corrected chi connectivity index (χ0v) is 9.49. The minimum absolute atomic E-state index is 0.238. The molecule has 1 heteroatoms. The smallest absolute Gasteiger partial charge is 0.0677 e. The molecule has 0 aromatic heterocycles. The average Bonchev–Trinajstić information content (AvgIpc) is 2.29. The molecule has 0 heterocycles. The fraction of sp³-hybridized carbons (Fsp3) is 0.857. The van der Waals surface area contributed by atoms with E-state index < -0.39 is 0 Å². The largest absolute Gasteiger partial charge is 0.392 e. The Kier molecular flexibility index (Phi) is 3.70. The van der Waals surface area contributed by atoms with Crippen LogP contribution in [0.25, 0.3) is 0 Å². The Morgan fingerprint density at radius 2 is 1.87 bits per heavy atom. The van der Waals surface area contributed by atoms with Crippen LogP contribution in [0.1, 0.15) is 51.4 Å². The molecule has 0 spiro atoms. The number of hydrogen-bond acceptors (Lipinski definition) is 1. The molecule has 2 saturated carbocycles. The first-order chi connectivity index (χ1) is 7.31. The van der Waals surface area contributed by atoms with Gasteiger partial charge in [0.05, 0.1) is 6.10 Å². The van der Waals surface area contributed by atoms with Crippen molar-refractivity contribution >= 4 is 0 Å². The first-order valence-corrected chi connectivity index (χ1v) is 6.42. The highest BCUT2D eigenvalue weighted by Crippen LogP contribution is 2.43. The van der Waals surface area contributed by atoms with Gasteiger partial charge in [-0.3, -0.25) is 0 Å². The fourth-order valence-corrected chi connectivity index (χ4v) is 3.55. The molecule has 0 radical (unpaired) electrons. The lowest BCUT2D eigenvalue weighted by Gasteiger charge is -2.40. The van der Waals surface area contributed by atoms with Crippen molar-refractivity contribution in [3.05, 3.63) is 0 Å². The van der Waals surface area contributed by atoms with Crippen LogP contribution in [0.2, 0.25) is 0 Å². The van der Waals surface area contributed by atoms with Crippen molar-refractivity contribution in [1.29, 1.82) is 0 Å². The second kappa shape index (κ2) is 5.03. The third-order valence-corrected chi connectivity index (χ3v) is 4.45. The van der Waals surface area contributed by atoms with Crippen molar-refractivity contribution in [2.24, 2.45) is 17.8 Å². The molecule has 84 valence electrons. The lowest BCUT2D eigenvalue weighted by atomic mass is 9.66. The molecule has 0 bridgehead atoms. The Balaban J connectivity index is 1.88. The summed E-state index contributed by atoms with van der Waals surface area (Å²) in [5, 5.41) is 9.92. The lowest BCUT2D eigenvalue weighted by Crippen LogP contribution is -2.33. The minimum Gasteiger partial charge on any atom is -0.392 e. The van der Waals surface area contributed by atoms with E-state index >= 15 is 0 Å². The number of terminal acetylenes is 1. The predicted molar refractivity (Wildman–Crippen MR) is 62.2 cm³/mol. The van der Waals surface area contributed by atoms with Gasteiger partial charge in [0, 0.05) is 6.42 Å². The van der Waals surface area contributed by atoms with Gasteiger partial charge in [-0.25, -0.2) is 0 Å².